The van der Waals surface area contributed by atoms with Crippen LogP contribution in [0.25, 0.3) is 0 Å². The summed E-state index contributed by atoms with van der Waals surface area (Å²) in [7, 11) is -3.91. The third kappa shape index (κ3) is 5.42. The van der Waals surface area contributed by atoms with Crippen LogP contribution in [0.4, 0.5) is 0 Å². The van der Waals surface area contributed by atoms with Crippen molar-refractivity contribution in [1.82, 2.24) is 0 Å². The van der Waals surface area contributed by atoms with Crippen LogP contribution in [0.2, 0.25) is 0 Å². The first-order valence-electron chi connectivity index (χ1n) is 8.85. The fourth-order valence-corrected chi connectivity index (χ4v) is 3.46. The summed E-state index contributed by atoms with van der Waals surface area (Å²) in [6, 6.07) is 23.0. The molecule has 0 fully saturated rings. The van der Waals surface area contributed by atoms with E-state index in [9.17, 15) is 13.5 Å². The van der Waals surface area contributed by atoms with Gasteiger partial charge < -0.3 is 9.84 Å². The normalized spacial score (nSPS) is 12.5. The molecule has 6 heteroatoms. The predicted octanol–water partition coefficient (Wildman–Crippen LogP) is 4.01. The van der Waals surface area contributed by atoms with Gasteiger partial charge in [0.25, 0.3) is 10.1 Å². The molecule has 0 saturated heterocycles. The fourth-order valence-electron chi connectivity index (χ4n) is 2.55. The van der Waals surface area contributed by atoms with Crippen molar-refractivity contribution in [3.63, 3.8) is 0 Å². The minimum absolute atomic E-state index is 0.0648. The van der Waals surface area contributed by atoms with Crippen molar-refractivity contribution in [2.45, 2.75) is 24.5 Å². The monoisotopic (exact) mass is 398 g/mol. The fraction of sp³-hybridized carbons (Fsp3) is 0.182. The van der Waals surface area contributed by atoms with E-state index in [4.69, 9.17) is 8.92 Å². The lowest BCUT2D eigenvalue weighted by molar-refractivity contribution is 0.111. The number of benzene rings is 3. The lowest BCUT2D eigenvalue weighted by Gasteiger charge is -2.13. The second-order valence-electron chi connectivity index (χ2n) is 6.41. The van der Waals surface area contributed by atoms with Crippen LogP contribution in [-0.2, 0) is 20.9 Å². The van der Waals surface area contributed by atoms with Crippen LogP contribution in [0.5, 0.6) is 5.75 Å². The van der Waals surface area contributed by atoms with Crippen molar-refractivity contribution >= 4 is 10.1 Å². The third-order valence-corrected chi connectivity index (χ3v) is 5.50. The van der Waals surface area contributed by atoms with Gasteiger partial charge in [0.05, 0.1) is 11.5 Å². The van der Waals surface area contributed by atoms with Gasteiger partial charge in [0.1, 0.15) is 18.5 Å². The predicted molar refractivity (Wildman–Crippen MR) is 106 cm³/mol. The molecule has 3 rings (SSSR count). The van der Waals surface area contributed by atoms with Gasteiger partial charge in [0, 0.05) is 0 Å². The first-order valence-corrected chi connectivity index (χ1v) is 10.3. The van der Waals surface area contributed by atoms with E-state index in [2.05, 4.69) is 0 Å². The molecule has 146 valence electrons. The van der Waals surface area contributed by atoms with E-state index in [1.807, 2.05) is 37.3 Å². The lowest BCUT2D eigenvalue weighted by Crippen LogP contribution is -2.13. The topological polar surface area (TPSA) is 72.8 Å². The van der Waals surface area contributed by atoms with Gasteiger partial charge in [-0.05, 0) is 42.3 Å². The largest absolute Gasteiger partial charge is 0.489 e. The minimum atomic E-state index is -3.91. The molecule has 0 radical (unpaired) electrons. The van der Waals surface area contributed by atoms with Crippen molar-refractivity contribution < 1.29 is 22.4 Å². The second-order valence-corrected chi connectivity index (χ2v) is 8.03. The van der Waals surface area contributed by atoms with E-state index in [0.29, 0.717) is 17.9 Å². The SMILES string of the molecule is Cc1ccc(S(=O)(=O)OCC(O)c2ccc(OCc3ccccc3)cc2)cc1. The van der Waals surface area contributed by atoms with Gasteiger partial charge in [-0.15, -0.1) is 0 Å². The van der Waals surface area contributed by atoms with E-state index in [-0.39, 0.29) is 11.5 Å². The highest BCUT2D eigenvalue weighted by Gasteiger charge is 2.18. The maximum Gasteiger partial charge on any atom is 0.297 e. The Balaban J connectivity index is 1.55. The Kier molecular flexibility index (Phi) is 6.46. The summed E-state index contributed by atoms with van der Waals surface area (Å²) in [4.78, 5) is 0.0648. The summed E-state index contributed by atoms with van der Waals surface area (Å²) in [6.07, 6.45) is -1.07. The first-order chi connectivity index (χ1) is 13.4. The first kappa shape index (κ1) is 20.1. The summed E-state index contributed by atoms with van der Waals surface area (Å²) in [5.41, 5.74) is 2.56. The molecule has 0 aliphatic rings. The summed E-state index contributed by atoms with van der Waals surface area (Å²) >= 11 is 0. The highest BCUT2D eigenvalue weighted by atomic mass is 32.2. The zero-order valence-electron chi connectivity index (χ0n) is 15.5. The maximum absolute atomic E-state index is 12.2. The number of hydrogen-bond acceptors (Lipinski definition) is 5. The number of aliphatic hydroxyl groups excluding tert-OH is 1. The molecule has 0 saturated carbocycles. The molecule has 1 unspecified atom stereocenters. The van der Waals surface area contributed by atoms with Crippen LogP contribution in [-0.4, -0.2) is 20.1 Å². The van der Waals surface area contributed by atoms with Crippen LogP contribution in [0.1, 0.15) is 22.8 Å². The van der Waals surface area contributed by atoms with Crippen molar-refractivity contribution in [3.8, 4) is 5.75 Å². The van der Waals surface area contributed by atoms with E-state index >= 15 is 0 Å². The molecule has 3 aromatic carbocycles. The minimum Gasteiger partial charge on any atom is -0.489 e. The highest BCUT2D eigenvalue weighted by molar-refractivity contribution is 7.86. The molecule has 28 heavy (non-hydrogen) atoms. The molecule has 0 spiro atoms. The van der Waals surface area contributed by atoms with E-state index < -0.39 is 16.2 Å². The Morgan fingerprint density at radius 3 is 2.18 bits per heavy atom. The Bertz CT molecular complexity index is 981. The van der Waals surface area contributed by atoms with Crippen LogP contribution in [0.3, 0.4) is 0 Å². The molecule has 0 aliphatic carbocycles. The Morgan fingerprint density at radius 2 is 1.54 bits per heavy atom. The summed E-state index contributed by atoms with van der Waals surface area (Å²) in [6.45, 7) is 1.95. The molecule has 0 aliphatic heterocycles. The zero-order valence-corrected chi connectivity index (χ0v) is 16.3. The highest BCUT2D eigenvalue weighted by Crippen LogP contribution is 2.21. The molecule has 0 bridgehead atoms. The molecule has 5 nitrogen and oxygen atoms in total. The molecule has 1 N–H and O–H groups in total. The Morgan fingerprint density at radius 1 is 0.893 bits per heavy atom. The molecular formula is C22H22O5S. The zero-order chi connectivity index (χ0) is 20.0. The smallest absolute Gasteiger partial charge is 0.297 e. The standard InChI is InChI=1S/C22H22O5S/c1-17-7-13-21(14-8-17)28(24,25)27-16-22(23)19-9-11-20(12-10-19)26-15-18-5-3-2-4-6-18/h2-14,22-23H,15-16H2,1H3. The molecule has 1 atom stereocenters. The van der Waals surface area contributed by atoms with Crippen molar-refractivity contribution in [2.75, 3.05) is 6.61 Å². The van der Waals surface area contributed by atoms with Gasteiger partial charge in [-0.2, -0.15) is 8.42 Å². The average molecular weight is 398 g/mol. The molecule has 0 amide bonds. The van der Waals surface area contributed by atoms with Gasteiger partial charge in [0.15, 0.2) is 0 Å². The van der Waals surface area contributed by atoms with Crippen molar-refractivity contribution in [1.29, 1.82) is 0 Å². The average Bonchev–Trinajstić information content (AvgIpc) is 2.72. The number of rotatable bonds is 8. The quantitative estimate of drug-likeness (QED) is 0.581. The maximum atomic E-state index is 12.2. The molecule has 0 aromatic heterocycles. The van der Waals surface area contributed by atoms with Gasteiger partial charge in [-0.3, -0.25) is 4.18 Å². The number of ether oxygens (including phenoxy) is 1. The molecular weight excluding hydrogens is 376 g/mol. The van der Waals surface area contributed by atoms with Crippen molar-refractivity contribution in [3.05, 3.63) is 95.6 Å². The van der Waals surface area contributed by atoms with Crippen LogP contribution in [0, 0.1) is 6.92 Å². The summed E-state index contributed by atoms with van der Waals surface area (Å²) < 4.78 is 35.1. The van der Waals surface area contributed by atoms with E-state index in [0.717, 1.165) is 11.1 Å². The Hall–Kier alpha value is -2.67. The second kappa shape index (κ2) is 9.01. The number of aryl methyl sites for hydroxylation is 1. The van der Waals surface area contributed by atoms with Crippen LogP contribution in [0.15, 0.2) is 83.8 Å². The van der Waals surface area contributed by atoms with Crippen LogP contribution < -0.4 is 4.74 Å². The molecule has 3 aromatic rings. The van der Waals surface area contributed by atoms with Gasteiger partial charge >= 0.3 is 0 Å². The summed E-state index contributed by atoms with van der Waals surface area (Å²) in [5, 5.41) is 10.2. The van der Waals surface area contributed by atoms with Crippen LogP contribution >= 0.6 is 0 Å². The Labute approximate surface area is 165 Å². The third-order valence-electron chi connectivity index (χ3n) is 4.20. The van der Waals surface area contributed by atoms with Gasteiger partial charge in [-0.1, -0.05) is 60.2 Å². The van der Waals surface area contributed by atoms with E-state index in [1.54, 1.807) is 36.4 Å². The lowest BCUT2D eigenvalue weighted by atomic mass is 10.1. The summed E-state index contributed by atoms with van der Waals surface area (Å²) in [5.74, 6) is 0.660. The molecule has 0 heterocycles. The van der Waals surface area contributed by atoms with Gasteiger partial charge in [-0.25, -0.2) is 0 Å². The van der Waals surface area contributed by atoms with Crippen molar-refractivity contribution in [2.24, 2.45) is 0 Å². The van der Waals surface area contributed by atoms with Gasteiger partial charge in [0.2, 0.25) is 0 Å². The number of hydrogen-bond donors (Lipinski definition) is 1. The van der Waals surface area contributed by atoms with E-state index in [1.165, 1.54) is 12.1 Å². The number of aliphatic hydroxyl groups is 1.